The second-order valence-electron chi connectivity index (χ2n) is 3.36. The molecule has 0 radical (unpaired) electrons. The van der Waals surface area contributed by atoms with E-state index < -0.39 is 12.1 Å². The van der Waals surface area contributed by atoms with Crippen molar-refractivity contribution in [1.29, 1.82) is 5.41 Å². The van der Waals surface area contributed by atoms with Crippen molar-refractivity contribution in [2.45, 2.75) is 19.6 Å². The molecule has 0 aromatic heterocycles. The van der Waals surface area contributed by atoms with Gasteiger partial charge in [0.05, 0.1) is 6.61 Å². The number of nitrogens with two attached hydrogens (primary N) is 1. The van der Waals surface area contributed by atoms with Crippen molar-refractivity contribution < 1.29 is 14.6 Å². The molecule has 16 heavy (non-hydrogen) atoms. The summed E-state index contributed by atoms with van der Waals surface area (Å²) in [5.41, 5.74) is 6.67. The monoisotopic (exact) mass is 222 g/mol. The third kappa shape index (κ3) is 3.06. The van der Waals surface area contributed by atoms with E-state index in [0.29, 0.717) is 11.1 Å². The summed E-state index contributed by atoms with van der Waals surface area (Å²) >= 11 is 0. The lowest BCUT2D eigenvalue weighted by molar-refractivity contribution is -0.149. The van der Waals surface area contributed by atoms with E-state index in [1.54, 1.807) is 24.3 Å². The Labute approximate surface area is 93.4 Å². The van der Waals surface area contributed by atoms with Gasteiger partial charge in [-0.25, -0.2) is 4.79 Å². The number of rotatable bonds is 5. The first-order valence-electron chi connectivity index (χ1n) is 4.79. The number of hydrogen-bond donors (Lipinski definition) is 3. The van der Waals surface area contributed by atoms with Crippen molar-refractivity contribution in [2.24, 2.45) is 5.73 Å². The Morgan fingerprint density at radius 2 is 2.19 bits per heavy atom. The zero-order valence-corrected chi connectivity index (χ0v) is 8.93. The normalized spacial score (nSPS) is 12.1. The van der Waals surface area contributed by atoms with Gasteiger partial charge in [0.1, 0.15) is 5.84 Å². The number of carbonyl (C=O) groups is 1. The molecule has 1 aromatic carbocycles. The van der Waals surface area contributed by atoms with Crippen LogP contribution in [-0.2, 0) is 16.1 Å². The molecule has 0 spiro atoms. The van der Waals surface area contributed by atoms with Gasteiger partial charge in [0, 0.05) is 5.56 Å². The summed E-state index contributed by atoms with van der Waals surface area (Å²) < 4.78 is 5.13. The molecule has 5 heteroatoms. The number of amidine groups is 1. The Bertz CT molecular complexity index is 404. The molecule has 0 saturated heterocycles. The lowest BCUT2D eigenvalue weighted by atomic mass is 10.1. The van der Waals surface area contributed by atoms with Gasteiger partial charge in [0.25, 0.3) is 0 Å². The standard InChI is InChI=1S/C11H14N2O3/c1-7(11(14)15)16-6-8-4-2-3-5-9(8)10(12)13/h2-5,7H,6H2,1H3,(H3,12,13)(H,14,15). The zero-order valence-electron chi connectivity index (χ0n) is 8.93. The number of carboxylic acid groups (broad SMARTS) is 1. The Morgan fingerprint density at radius 1 is 1.56 bits per heavy atom. The van der Waals surface area contributed by atoms with Gasteiger partial charge in [-0.3, -0.25) is 5.41 Å². The van der Waals surface area contributed by atoms with Gasteiger partial charge in [-0.2, -0.15) is 0 Å². The van der Waals surface area contributed by atoms with E-state index in [9.17, 15) is 4.79 Å². The van der Waals surface area contributed by atoms with E-state index in [1.165, 1.54) is 6.92 Å². The highest BCUT2D eigenvalue weighted by atomic mass is 16.5. The molecule has 0 heterocycles. The minimum Gasteiger partial charge on any atom is -0.479 e. The van der Waals surface area contributed by atoms with Gasteiger partial charge in [-0.1, -0.05) is 24.3 Å². The highest BCUT2D eigenvalue weighted by Crippen LogP contribution is 2.10. The number of hydrogen-bond acceptors (Lipinski definition) is 3. The van der Waals surface area contributed by atoms with E-state index in [2.05, 4.69) is 0 Å². The number of carboxylic acids is 1. The van der Waals surface area contributed by atoms with Crippen LogP contribution in [0.15, 0.2) is 24.3 Å². The van der Waals surface area contributed by atoms with Crippen molar-refractivity contribution >= 4 is 11.8 Å². The van der Waals surface area contributed by atoms with E-state index in [0.717, 1.165) is 0 Å². The summed E-state index contributed by atoms with van der Waals surface area (Å²) in [5, 5.41) is 16.0. The highest BCUT2D eigenvalue weighted by Gasteiger charge is 2.12. The molecule has 86 valence electrons. The lowest BCUT2D eigenvalue weighted by Crippen LogP contribution is -2.21. The first-order chi connectivity index (χ1) is 7.52. The van der Waals surface area contributed by atoms with Crippen molar-refractivity contribution in [3.05, 3.63) is 35.4 Å². The summed E-state index contributed by atoms with van der Waals surface area (Å²) in [5.74, 6) is -1.07. The van der Waals surface area contributed by atoms with E-state index in [4.69, 9.17) is 21.0 Å². The number of nitrogens with one attached hydrogen (secondary N) is 1. The molecule has 0 saturated carbocycles. The maximum atomic E-state index is 10.5. The number of ether oxygens (including phenoxy) is 1. The maximum Gasteiger partial charge on any atom is 0.332 e. The van der Waals surface area contributed by atoms with Crippen LogP contribution in [-0.4, -0.2) is 23.0 Å². The summed E-state index contributed by atoms with van der Waals surface area (Å²) in [4.78, 5) is 10.5. The minimum absolute atomic E-state index is 0.0535. The Balaban J connectivity index is 2.74. The number of benzene rings is 1. The first kappa shape index (κ1) is 12.2. The van der Waals surface area contributed by atoms with Crippen LogP contribution in [0.4, 0.5) is 0 Å². The molecule has 0 amide bonds. The van der Waals surface area contributed by atoms with Gasteiger partial charge in [0.2, 0.25) is 0 Å². The Kier molecular flexibility index (Phi) is 4.02. The summed E-state index contributed by atoms with van der Waals surface area (Å²) in [6, 6.07) is 7.01. The van der Waals surface area contributed by atoms with Crippen LogP contribution in [0.3, 0.4) is 0 Å². The number of nitrogen functional groups attached to an aromatic ring is 1. The lowest BCUT2D eigenvalue weighted by Gasteiger charge is -2.11. The van der Waals surface area contributed by atoms with Crippen LogP contribution in [0.5, 0.6) is 0 Å². The average molecular weight is 222 g/mol. The SMILES string of the molecule is CC(OCc1ccccc1C(=N)N)C(=O)O. The summed E-state index contributed by atoms with van der Waals surface area (Å²) in [6.45, 7) is 1.59. The second kappa shape index (κ2) is 5.27. The smallest absolute Gasteiger partial charge is 0.332 e. The fraction of sp³-hybridized carbons (Fsp3) is 0.273. The van der Waals surface area contributed by atoms with E-state index in [1.807, 2.05) is 0 Å². The van der Waals surface area contributed by atoms with Crippen LogP contribution in [0.1, 0.15) is 18.1 Å². The van der Waals surface area contributed by atoms with Gasteiger partial charge < -0.3 is 15.6 Å². The molecule has 0 aliphatic rings. The average Bonchev–Trinajstić information content (AvgIpc) is 2.25. The zero-order chi connectivity index (χ0) is 12.1. The molecule has 1 unspecified atom stereocenters. The first-order valence-corrected chi connectivity index (χ1v) is 4.79. The van der Waals surface area contributed by atoms with Gasteiger partial charge in [-0.15, -0.1) is 0 Å². The molecule has 0 bridgehead atoms. The molecular formula is C11H14N2O3. The van der Waals surface area contributed by atoms with Gasteiger partial charge in [-0.05, 0) is 12.5 Å². The van der Waals surface area contributed by atoms with Crippen LogP contribution in [0, 0.1) is 5.41 Å². The topological polar surface area (TPSA) is 96.4 Å². The van der Waals surface area contributed by atoms with Crippen molar-refractivity contribution in [1.82, 2.24) is 0 Å². The molecule has 4 N–H and O–H groups in total. The van der Waals surface area contributed by atoms with Crippen LogP contribution < -0.4 is 5.73 Å². The van der Waals surface area contributed by atoms with Crippen LogP contribution >= 0.6 is 0 Å². The number of aliphatic carboxylic acids is 1. The van der Waals surface area contributed by atoms with E-state index >= 15 is 0 Å². The summed E-state index contributed by atoms with van der Waals surface area (Å²) in [6.07, 6.45) is -0.875. The molecule has 1 atom stereocenters. The predicted octanol–water partition coefficient (Wildman–Crippen LogP) is 0.960. The largest absolute Gasteiger partial charge is 0.479 e. The molecular weight excluding hydrogens is 208 g/mol. The highest BCUT2D eigenvalue weighted by molar-refractivity contribution is 5.96. The molecule has 0 aliphatic heterocycles. The fourth-order valence-corrected chi connectivity index (χ4v) is 1.19. The van der Waals surface area contributed by atoms with E-state index in [-0.39, 0.29) is 12.4 Å². The maximum absolute atomic E-state index is 10.5. The minimum atomic E-state index is -1.01. The quantitative estimate of drug-likeness (QED) is 0.510. The second-order valence-corrected chi connectivity index (χ2v) is 3.36. The Hall–Kier alpha value is -1.88. The van der Waals surface area contributed by atoms with Crippen LogP contribution in [0.2, 0.25) is 0 Å². The third-order valence-corrected chi connectivity index (χ3v) is 2.14. The molecule has 0 aliphatic carbocycles. The van der Waals surface area contributed by atoms with Crippen LogP contribution in [0.25, 0.3) is 0 Å². The fourth-order valence-electron chi connectivity index (χ4n) is 1.19. The van der Waals surface area contributed by atoms with Crippen molar-refractivity contribution in [3.63, 3.8) is 0 Å². The predicted molar refractivity (Wildman–Crippen MR) is 59.3 cm³/mol. The molecule has 1 rings (SSSR count). The van der Waals surface area contributed by atoms with Crippen molar-refractivity contribution in [2.75, 3.05) is 0 Å². The third-order valence-electron chi connectivity index (χ3n) is 2.14. The molecule has 0 fully saturated rings. The molecule has 5 nitrogen and oxygen atoms in total. The summed E-state index contributed by atoms with van der Waals surface area (Å²) in [7, 11) is 0. The van der Waals surface area contributed by atoms with Crippen molar-refractivity contribution in [3.8, 4) is 0 Å². The molecule has 1 aromatic rings. The van der Waals surface area contributed by atoms with Gasteiger partial charge >= 0.3 is 5.97 Å². The Morgan fingerprint density at radius 3 is 2.75 bits per heavy atom. The van der Waals surface area contributed by atoms with Gasteiger partial charge in [0.15, 0.2) is 6.10 Å².